The topological polar surface area (TPSA) is 12.0 Å². The quantitative estimate of drug-likeness (QED) is 0.271. The third-order valence-corrected chi connectivity index (χ3v) is 6.51. The van der Waals surface area contributed by atoms with E-state index >= 15 is 0 Å². The summed E-state index contributed by atoms with van der Waals surface area (Å²) in [5.74, 6) is 1.02. The van der Waals surface area contributed by atoms with Crippen molar-refractivity contribution in [2.75, 3.05) is 13.3 Å². The molecule has 1 rings (SSSR count). The number of alkyl halides is 2. The smallest absolute Gasteiger partial charge is 0.0944 e. The molecule has 0 spiro atoms. The highest BCUT2D eigenvalue weighted by atomic mass is 32.2. The molecule has 0 bridgehead atoms. The molecule has 0 aromatic heterocycles. The van der Waals surface area contributed by atoms with Crippen molar-refractivity contribution < 1.29 is 11.6 Å². The standard InChI is InChI=1S/C26H37NS.C4H8F2.2H2/c1-10-20(6)26(17-24(11-2)23(9)28-18(3)4)16-21(7)27-22(8)25-14-12-19(5)13-15-25;1-4(2-5)3-6;;/h10-11,16-17,19,25,27H,1-3,8-9,12-15H2,4-7H3;4H,2-3H2,1H3;2*1H/b21-16+,24-17+,26-20+;;;. The lowest BCUT2D eigenvalue weighted by Crippen LogP contribution is -2.22. The van der Waals surface area contributed by atoms with Gasteiger partial charge in [-0.1, -0.05) is 83.5 Å². The zero-order valence-corrected chi connectivity index (χ0v) is 22.8. The molecule has 4 heteroatoms. The van der Waals surface area contributed by atoms with E-state index in [9.17, 15) is 8.78 Å². The summed E-state index contributed by atoms with van der Waals surface area (Å²) in [5.41, 5.74) is 5.39. The van der Waals surface area contributed by atoms with Gasteiger partial charge in [0.1, 0.15) is 0 Å². The Hall–Kier alpha value is -2.07. The Labute approximate surface area is 215 Å². The van der Waals surface area contributed by atoms with Gasteiger partial charge in [-0.15, -0.1) is 0 Å². The molecule has 0 radical (unpaired) electrons. The third-order valence-electron chi connectivity index (χ3n) is 5.68. The maximum atomic E-state index is 11.1. The van der Waals surface area contributed by atoms with Crippen LogP contribution < -0.4 is 5.32 Å². The number of thioether (sulfide) groups is 1. The molecule has 1 N–H and O–H groups in total. The largest absolute Gasteiger partial charge is 0.363 e. The molecule has 0 unspecified atom stereocenters. The van der Waals surface area contributed by atoms with E-state index in [2.05, 4.69) is 71.1 Å². The van der Waals surface area contributed by atoms with E-state index < -0.39 is 19.3 Å². The Balaban J connectivity index is -0.00000121. The fraction of sp³-hybridized carbons (Fsp3) is 0.467. The van der Waals surface area contributed by atoms with Crippen LogP contribution in [-0.2, 0) is 0 Å². The lowest BCUT2D eigenvalue weighted by atomic mass is 9.81. The zero-order chi connectivity index (χ0) is 26.3. The first-order chi connectivity index (χ1) is 16.0. The predicted molar refractivity (Wildman–Crippen MR) is 155 cm³/mol. The normalized spacial score (nSPS) is 19.4. The van der Waals surface area contributed by atoms with Gasteiger partial charge in [0.2, 0.25) is 0 Å². The van der Waals surface area contributed by atoms with Gasteiger partial charge in [0.25, 0.3) is 0 Å². The Kier molecular flexibility index (Phi) is 16.3. The molecule has 0 atom stereocenters. The number of allylic oxidation sites excluding steroid dienone is 10. The molecule has 0 aromatic carbocycles. The molecule has 1 nitrogen and oxygen atoms in total. The minimum atomic E-state index is -0.545. The van der Waals surface area contributed by atoms with E-state index in [4.69, 9.17) is 0 Å². The van der Waals surface area contributed by atoms with E-state index in [0.29, 0.717) is 5.92 Å². The van der Waals surface area contributed by atoms with Gasteiger partial charge in [-0.05, 0) is 79.2 Å². The Morgan fingerprint density at radius 3 is 1.97 bits per heavy atom. The van der Waals surface area contributed by atoms with Crippen molar-refractivity contribution in [3.63, 3.8) is 0 Å². The van der Waals surface area contributed by atoms with Crippen LogP contribution in [0.4, 0.5) is 8.78 Å². The van der Waals surface area contributed by atoms with E-state index in [1.807, 2.05) is 19.1 Å². The van der Waals surface area contributed by atoms with Gasteiger partial charge in [0, 0.05) is 25.1 Å². The van der Waals surface area contributed by atoms with Crippen LogP contribution in [0.1, 0.15) is 63.2 Å². The van der Waals surface area contributed by atoms with Gasteiger partial charge in [-0.25, -0.2) is 0 Å². The van der Waals surface area contributed by atoms with Crippen molar-refractivity contribution in [1.82, 2.24) is 5.32 Å². The summed E-state index contributed by atoms with van der Waals surface area (Å²) in [5, 5.41) is 3.53. The third kappa shape index (κ3) is 13.0. The highest BCUT2D eigenvalue weighted by molar-refractivity contribution is 8.06. The van der Waals surface area contributed by atoms with Gasteiger partial charge in [-0.3, -0.25) is 8.78 Å². The molecule has 194 valence electrons. The summed E-state index contributed by atoms with van der Waals surface area (Å²) in [6.07, 6.45) is 13.0. The van der Waals surface area contributed by atoms with Gasteiger partial charge in [0.05, 0.1) is 13.3 Å². The second-order valence-electron chi connectivity index (χ2n) is 9.22. The Morgan fingerprint density at radius 1 is 1.00 bits per heavy atom. The molecule has 0 aliphatic heterocycles. The van der Waals surface area contributed by atoms with Crippen molar-refractivity contribution in [3.05, 3.63) is 95.1 Å². The van der Waals surface area contributed by atoms with E-state index in [1.54, 1.807) is 11.8 Å². The number of hydrogen-bond donors (Lipinski definition) is 1. The molecule has 1 aliphatic carbocycles. The van der Waals surface area contributed by atoms with Crippen LogP contribution in [0, 0.1) is 17.8 Å². The monoisotopic (exact) mass is 493 g/mol. The van der Waals surface area contributed by atoms with Crippen molar-refractivity contribution in [3.8, 4) is 0 Å². The number of nitrogens with one attached hydrogen (secondary N) is 1. The molecule has 0 heterocycles. The average Bonchev–Trinajstić information content (AvgIpc) is 2.80. The molecule has 1 fully saturated rings. The Morgan fingerprint density at radius 2 is 1.56 bits per heavy atom. The van der Waals surface area contributed by atoms with Crippen LogP contribution >= 0.6 is 11.8 Å². The van der Waals surface area contributed by atoms with Crippen LogP contribution in [0.15, 0.2) is 95.1 Å². The van der Waals surface area contributed by atoms with Crippen molar-refractivity contribution >= 4 is 11.8 Å². The second kappa shape index (κ2) is 17.4. The number of hydrogen-bond acceptors (Lipinski definition) is 2. The predicted octanol–water partition coefficient (Wildman–Crippen LogP) is 10.3. The molecular formula is C30H49F2NS. The van der Waals surface area contributed by atoms with Crippen molar-refractivity contribution in [2.24, 2.45) is 17.8 Å². The van der Waals surface area contributed by atoms with Crippen molar-refractivity contribution in [1.29, 1.82) is 0 Å². The van der Waals surface area contributed by atoms with Gasteiger partial charge in [0.15, 0.2) is 0 Å². The van der Waals surface area contributed by atoms with Crippen molar-refractivity contribution in [2.45, 2.75) is 60.3 Å². The zero-order valence-electron chi connectivity index (χ0n) is 22.0. The molecule has 1 saturated carbocycles. The number of rotatable bonds is 12. The van der Waals surface area contributed by atoms with Crippen LogP contribution in [-0.4, -0.2) is 13.3 Å². The maximum Gasteiger partial charge on any atom is 0.0944 e. The first-order valence-electron chi connectivity index (χ1n) is 11.9. The highest BCUT2D eigenvalue weighted by Crippen LogP contribution is 2.32. The van der Waals surface area contributed by atoms with Gasteiger partial charge < -0.3 is 5.32 Å². The second-order valence-corrected chi connectivity index (χ2v) is 10.6. The lowest BCUT2D eigenvalue weighted by molar-refractivity contribution is 0.308. The summed E-state index contributed by atoms with van der Waals surface area (Å²) in [6, 6.07) is 0. The fourth-order valence-electron chi connectivity index (χ4n) is 3.35. The minimum absolute atomic E-state index is 0. The number of halogens is 2. The molecule has 0 aromatic rings. The summed E-state index contributed by atoms with van der Waals surface area (Å²) in [4.78, 5) is 1.95. The lowest BCUT2D eigenvalue weighted by Gasteiger charge is -2.28. The summed E-state index contributed by atoms with van der Waals surface area (Å²) in [6.45, 7) is 29.2. The SMILES string of the molecule is C=C/C(C)=C(\C=C(/C)NC(=C)C1CCC(C)CC1)/C=C(\C=C)C(=C)SC(=C)C.CC(CF)CF.[HH].[HH]. The molecule has 1 aliphatic rings. The first-order valence-corrected chi connectivity index (χ1v) is 12.8. The minimum Gasteiger partial charge on any atom is -0.363 e. The summed E-state index contributed by atoms with van der Waals surface area (Å²) >= 11 is 1.57. The summed E-state index contributed by atoms with van der Waals surface area (Å²) < 4.78 is 22.3. The fourth-order valence-corrected chi connectivity index (χ4v) is 4.03. The van der Waals surface area contributed by atoms with Gasteiger partial charge in [-0.2, -0.15) is 0 Å². The van der Waals surface area contributed by atoms with E-state index in [0.717, 1.165) is 43.8 Å². The Bertz CT molecular complexity index is 815. The first kappa shape index (κ1) is 31.9. The summed E-state index contributed by atoms with van der Waals surface area (Å²) in [7, 11) is 0. The molecule has 0 saturated heterocycles. The van der Waals surface area contributed by atoms with Crippen LogP contribution in [0.2, 0.25) is 0 Å². The van der Waals surface area contributed by atoms with E-state index in [1.165, 1.54) is 32.6 Å². The molecule has 0 amide bonds. The highest BCUT2D eigenvalue weighted by Gasteiger charge is 2.20. The van der Waals surface area contributed by atoms with Crippen LogP contribution in [0.25, 0.3) is 0 Å². The van der Waals surface area contributed by atoms with E-state index in [-0.39, 0.29) is 2.85 Å². The molecule has 34 heavy (non-hydrogen) atoms. The van der Waals surface area contributed by atoms with Gasteiger partial charge >= 0.3 is 0 Å². The van der Waals surface area contributed by atoms with Crippen LogP contribution in [0.3, 0.4) is 0 Å². The average molecular weight is 494 g/mol. The van der Waals surface area contributed by atoms with Crippen LogP contribution in [0.5, 0.6) is 0 Å². The maximum absolute atomic E-state index is 11.1. The molecular weight excluding hydrogens is 444 g/mol.